The highest BCUT2D eigenvalue weighted by Crippen LogP contribution is 2.15. The van der Waals surface area contributed by atoms with Crippen molar-refractivity contribution in [1.29, 1.82) is 0 Å². The van der Waals surface area contributed by atoms with Gasteiger partial charge in [0.05, 0.1) is 17.4 Å². The molecule has 0 spiro atoms. The molecule has 122 valence electrons. The van der Waals surface area contributed by atoms with Crippen LogP contribution in [0, 0.1) is 5.82 Å². The van der Waals surface area contributed by atoms with Gasteiger partial charge in [0.15, 0.2) is 0 Å². The Morgan fingerprint density at radius 1 is 1.17 bits per heavy atom. The number of benzene rings is 2. The molecule has 5 nitrogen and oxygen atoms in total. The summed E-state index contributed by atoms with van der Waals surface area (Å²) in [5.74, 6) is -0.689. The van der Waals surface area contributed by atoms with E-state index in [0.717, 1.165) is 0 Å². The van der Waals surface area contributed by atoms with Crippen LogP contribution in [-0.4, -0.2) is 27.3 Å². The Morgan fingerprint density at radius 3 is 2.62 bits per heavy atom. The summed E-state index contributed by atoms with van der Waals surface area (Å²) in [5.41, 5.74) is 1.64. The van der Waals surface area contributed by atoms with E-state index in [4.69, 9.17) is 0 Å². The van der Waals surface area contributed by atoms with Crippen molar-refractivity contribution < 1.29 is 14.3 Å². The average Bonchev–Trinajstić information content (AvgIpc) is 3.14. The van der Waals surface area contributed by atoms with E-state index in [1.54, 1.807) is 41.3 Å². The minimum absolute atomic E-state index is 0.0257. The summed E-state index contributed by atoms with van der Waals surface area (Å²) in [6.07, 6.45) is 2.47. The number of halogens is 1. The SMILES string of the molecule is O=C(NCC(O)c1ccc(F)cc1)c1ccccc1-n1cccn1. The van der Waals surface area contributed by atoms with E-state index in [1.165, 1.54) is 24.3 Å². The topological polar surface area (TPSA) is 67.2 Å². The Morgan fingerprint density at radius 2 is 1.92 bits per heavy atom. The number of aliphatic hydroxyl groups is 1. The van der Waals surface area contributed by atoms with Crippen LogP contribution in [0.4, 0.5) is 4.39 Å². The quantitative estimate of drug-likeness (QED) is 0.757. The summed E-state index contributed by atoms with van der Waals surface area (Å²) >= 11 is 0. The van der Waals surface area contributed by atoms with Gasteiger partial charge in [0.25, 0.3) is 5.91 Å². The number of rotatable bonds is 5. The number of hydrogen-bond donors (Lipinski definition) is 2. The summed E-state index contributed by atoms with van der Waals surface area (Å²) in [4.78, 5) is 12.4. The van der Waals surface area contributed by atoms with Gasteiger partial charge in [0.1, 0.15) is 5.82 Å². The molecule has 1 amide bonds. The number of nitrogens with zero attached hydrogens (tertiary/aromatic N) is 2. The van der Waals surface area contributed by atoms with Crippen LogP contribution in [0.3, 0.4) is 0 Å². The molecule has 0 aliphatic carbocycles. The summed E-state index contributed by atoms with van der Waals surface area (Å²) in [5, 5.41) is 16.9. The second-order valence-corrected chi connectivity index (χ2v) is 5.25. The van der Waals surface area contributed by atoms with Crippen molar-refractivity contribution in [3.63, 3.8) is 0 Å². The molecule has 2 aromatic carbocycles. The van der Waals surface area contributed by atoms with E-state index in [9.17, 15) is 14.3 Å². The number of aromatic nitrogens is 2. The molecule has 3 aromatic rings. The Bertz CT molecular complexity index is 817. The van der Waals surface area contributed by atoms with Gasteiger partial charge in [-0.25, -0.2) is 9.07 Å². The van der Waals surface area contributed by atoms with Crippen LogP contribution in [0.15, 0.2) is 67.0 Å². The van der Waals surface area contributed by atoms with Gasteiger partial charge < -0.3 is 10.4 Å². The van der Waals surface area contributed by atoms with E-state index in [2.05, 4.69) is 10.4 Å². The number of carbonyl (C=O) groups excluding carboxylic acids is 1. The zero-order valence-electron chi connectivity index (χ0n) is 12.8. The van der Waals surface area contributed by atoms with Crippen molar-refractivity contribution >= 4 is 5.91 Å². The number of para-hydroxylation sites is 1. The maximum absolute atomic E-state index is 12.9. The van der Waals surface area contributed by atoms with Crippen LogP contribution in [0.2, 0.25) is 0 Å². The second kappa shape index (κ2) is 7.06. The Labute approximate surface area is 138 Å². The summed E-state index contributed by atoms with van der Waals surface area (Å²) in [6, 6.07) is 14.4. The third-order valence-electron chi connectivity index (χ3n) is 3.61. The molecule has 0 saturated carbocycles. The molecule has 0 aliphatic heterocycles. The lowest BCUT2D eigenvalue weighted by atomic mass is 10.1. The van der Waals surface area contributed by atoms with Crippen LogP contribution >= 0.6 is 0 Å². The van der Waals surface area contributed by atoms with E-state index >= 15 is 0 Å². The minimum Gasteiger partial charge on any atom is -0.387 e. The highest BCUT2D eigenvalue weighted by Gasteiger charge is 2.14. The molecule has 24 heavy (non-hydrogen) atoms. The smallest absolute Gasteiger partial charge is 0.253 e. The first-order chi connectivity index (χ1) is 11.6. The summed E-state index contributed by atoms with van der Waals surface area (Å²) in [7, 11) is 0. The number of hydrogen-bond acceptors (Lipinski definition) is 3. The van der Waals surface area contributed by atoms with Gasteiger partial charge in [0.2, 0.25) is 0 Å². The third kappa shape index (κ3) is 3.49. The van der Waals surface area contributed by atoms with Gasteiger partial charge in [0, 0.05) is 18.9 Å². The molecule has 3 rings (SSSR count). The van der Waals surface area contributed by atoms with Gasteiger partial charge in [-0.3, -0.25) is 4.79 Å². The van der Waals surface area contributed by atoms with E-state index in [1.807, 2.05) is 6.07 Å². The zero-order chi connectivity index (χ0) is 16.9. The van der Waals surface area contributed by atoms with Crippen molar-refractivity contribution in [2.75, 3.05) is 6.54 Å². The van der Waals surface area contributed by atoms with E-state index < -0.39 is 6.10 Å². The van der Waals surface area contributed by atoms with Crippen molar-refractivity contribution in [3.05, 3.63) is 83.9 Å². The molecule has 1 aromatic heterocycles. The zero-order valence-corrected chi connectivity index (χ0v) is 12.8. The molecular formula is C18H16FN3O2. The monoisotopic (exact) mass is 325 g/mol. The van der Waals surface area contributed by atoms with Crippen LogP contribution in [0.1, 0.15) is 22.0 Å². The molecule has 1 unspecified atom stereocenters. The first kappa shape index (κ1) is 15.9. The van der Waals surface area contributed by atoms with Crippen LogP contribution in [-0.2, 0) is 0 Å². The lowest BCUT2D eigenvalue weighted by Crippen LogP contribution is -2.29. The van der Waals surface area contributed by atoms with Gasteiger partial charge in [-0.05, 0) is 35.9 Å². The lowest BCUT2D eigenvalue weighted by Gasteiger charge is -2.14. The number of nitrogens with one attached hydrogen (secondary N) is 1. The molecule has 1 heterocycles. The molecule has 0 saturated heterocycles. The molecular weight excluding hydrogens is 309 g/mol. The average molecular weight is 325 g/mol. The van der Waals surface area contributed by atoms with Crippen LogP contribution < -0.4 is 5.32 Å². The fourth-order valence-electron chi connectivity index (χ4n) is 2.36. The number of aliphatic hydroxyl groups excluding tert-OH is 1. The summed E-state index contributed by atoms with van der Waals surface area (Å²) < 4.78 is 14.5. The van der Waals surface area contributed by atoms with Crippen LogP contribution in [0.25, 0.3) is 5.69 Å². The second-order valence-electron chi connectivity index (χ2n) is 5.25. The Hall–Kier alpha value is -2.99. The maximum atomic E-state index is 12.9. The van der Waals surface area contributed by atoms with E-state index in [0.29, 0.717) is 16.8 Å². The van der Waals surface area contributed by atoms with Gasteiger partial charge in [-0.15, -0.1) is 0 Å². The molecule has 1 atom stereocenters. The van der Waals surface area contributed by atoms with E-state index in [-0.39, 0.29) is 18.3 Å². The Kier molecular flexibility index (Phi) is 4.67. The highest BCUT2D eigenvalue weighted by atomic mass is 19.1. The largest absolute Gasteiger partial charge is 0.387 e. The fourth-order valence-corrected chi connectivity index (χ4v) is 2.36. The molecule has 0 radical (unpaired) electrons. The molecule has 0 fully saturated rings. The van der Waals surface area contributed by atoms with Crippen molar-refractivity contribution in [3.8, 4) is 5.69 Å². The van der Waals surface area contributed by atoms with Crippen LogP contribution in [0.5, 0.6) is 0 Å². The van der Waals surface area contributed by atoms with Gasteiger partial charge >= 0.3 is 0 Å². The van der Waals surface area contributed by atoms with Gasteiger partial charge in [-0.2, -0.15) is 5.10 Å². The number of amides is 1. The fraction of sp³-hybridized carbons (Fsp3) is 0.111. The van der Waals surface area contributed by atoms with Gasteiger partial charge in [-0.1, -0.05) is 24.3 Å². The Balaban J connectivity index is 1.71. The first-order valence-corrected chi connectivity index (χ1v) is 7.46. The molecule has 0 aliphatic rings. The molecule has 6 heteroatoms. The third-order valence-corrected chi connectivity index (χ3v) is 3.61. The van der Waals surface area contributed by atoms with Crippen molar-refractivity contribution in [2.45, 2.75) is 6.10 Å². The highest BCUT2D eigenvalue weighted by molar-refractivity contribution is 5.97. The minimum atomic E-state index is -0.911. The van der Waals surface area contributed by atoms with Crippen molar-refractivity contribution in [1.82, 2.24) is 15.1 Å². The maximum Gasteiger partial charge on any atom is 0.253 e. The predicted molar refractivity (Wildman–Crippen MR) is 87.3 cm³/mol. The summed E-state index contributed by atoms with van der Waals surface area (Å²) in [6.45, 7) is 0.0257. The molecule has 0 bridgehead atoms. The predicted octanol–water partition coefficient (Wildman–Crippen LogP) is 2.47. The lowest BCUT2D eigenvalue weighted by molar-refractivity contribution is 0.0916. The number of carbonyl (C=O) groups is 1. The normalized spacial score (nSPS) is 11.9. The van der Waals surface area contributed by atoms with Crippen molar-refractivity contribution in [2.24, 2.45) is 0 Å². The first-order valence-electron chi connectivity index (χ1n) is 7.46. The molecule has 2 N–H and O–H groups in total. The standard InChI is InChI=1S/C18H16FN3O2/c19-14-8-6-13(7-9-14)17(23)12-20-18(24)15-4-1-2-5-16(15)22-11-3-10-21-22/h1-11,17,23H,12H2,(H,20,24).